The van der Waals surface area contributed by atoms with E-state index in [-0.39, 0.29) is 18.0 Å². The maximum atomic E-state index is 13.1. The van der Waals surface area contributed by atoms with Gasteiger partial charge in [0.2, 0.25) is 5.91 Å². The number of rotatable bonds is 5. The largest absolute Gasteiger partial charge is 0.392 e. The number of benzene rings is 2. The number of nitrogens with zero attached hydrogens (tertiary/aromatic N) is 1. The van der Waals surface area contributed by atoms with Gasteiger partial charge < -0.3 is 15.3 Å². The van der Waals surface area contributed by atoms with Gasteiger partial charge in [-0.25, -0.2) is 0 Å². The summed E-state index contributed by atoms with van der Waals surface area (Å²) >= 11 is 0. The van der Waals surface area contributed by atoms with E-state index in [1.54, 1.807) is 0 Å². The molecule has 1 amide bonds. The van der Waals surface area contributed by atoms with Crippen LogP contribution in [0, 0.1) is 0 Å². The van der Waals surface area contributed by atoms with E-state index in [2.05, 4.69) is 29.6 Å². The summed E-state index contributed by atoms with van der Waals surface area (Å²) in [6, 6.07) is 19.8. The molecule has 0 aromatic heterocycles. The fourth-order valence-corrected chi connectivity index (χ4v) is 3.39. The first kappa shape index (κ1) is 16.7. The zero-order valence-corrected chi connectivity index (χ0v) is 13.9. The Kier molecular flexibility index (Phi) is 5.28. The van der Waals surface area contributed by atoms with Crippen LogP contribution in [-0.4, -0.2) is 41.1 Å². The van der Waals surface area contributed by atoms with Crippen molar-refractivity contribution >= 4 is 5.91 Å². The van der Waals surface area contributed by atoms with E-state index >= 15 is 0 Å². The van der Waals surface area contributed by atoms with Crippen molar-refractivity contribution in [3.8, 4) is 0 Å². The van der Waals surface area contributed by atoms with Gasteiger partial charge in [-0.15, -0.1) is 0 Å². The molecule has 2 N–H and O–H groups in total. The first-order valence-electron chi connectivity index (χ1n) is 8.52. The zero-order chi connectivity index (χ0) is 16.9. The number of carbonyl (C=O) groups excluding carboxylic acids is 1. The molecule has 0 radical (unpaired) electrons. The molecule has 4 heteroatoms. The maximum Gasteiger partial charge on any atom is 0.240 e. The van der Waals surface area contributed by atoms with Crippen LogP contribution in [0.1, 0.15) is 30.5 Å². The molecular formula is C20H24N2O2. The summed E-state index contributed by atoms with van der Waals surface area (Å²) in [6.45, 7) is 3.10. The Balaban J connectivity index is 1.95. The fourth-order valence-electron chi connectivity index (χ4n) is 3.39. The van der Waals surface area contributed by atoms with E-state index < -0.39 is 6.10 Å². The first-order chi connectivity index (χ1) is 11.7. The minimum Gasteiger partial charge on any atom is -0.392 e. The summed E-state index contributed by atoms with van der Waals surface area (Å²) in [5.41, 5.74) is 2.19. The Morgan fingerprint density at radius 2 is 1.67 bits per heavy atom. The summed E-state index contributed by atoms with van der Waals surface area (Å²) in [6.07, 6.45) is 0.0376. The van der Waals surface area contributed by atoms with Crippen LogP contribution in [0.25, 0.3) is 0 Å². The fraction of sp³-hybridized carbons (Fsp3) is 0.350. The third-order valence-corrected chi connectivity index (χ3v) is 4.57. The van der Waals surface area contributed by atoms with Crippen molar-refractivity contribution in [2.24, 2.45) is 0 Å². The Labute approximate surface area is 143 Å². The smallest absolute Gasteiger partial charge is 0.240 e. The first-order valence-corrected chi connectivity index (χ1v) is 8.52. The second kappa shape index (κ2) is 7.60. The SMILES string of the molecule is CCN(C(=O)[C@@H]1CC(O)CN1)C(c1ccccc1)c1ccccc1. The lowest BCUT2D eigenvalue weighted by Gasteiger charge is -2.33. The highest BCUT2D eigenvalue weighted by Gasteiger charge is 2.34. The second-order valence-corrected chi connectivity index (χ2v) is 6.20. The predicted octanol–water partition coefficient (Wildman–Crippen LogP) is 2.35. The van der Waals surface area contributed by atoms with Gasteiger partial charge in [0.15, 0.2) is 0 Å². The minimum absolute atomic E-state index is 0.0479. The molecule has 24 heavy (non-hydrogen) atoms. The lowest BCUT2D eigenvalue weighted by molar-refractivity contribution is -0.134. The Morgan fingerprint density at radius 3 is 2.08 bits per heavy atom. The quantitative estimate of drug-likeness (QED) is 0.888. The van der Waals surface area contributed by atoms with Crippen molar-refractivity contribution in [1.29, 1.82) is 0 Å². The molecule has 4 nitrogen and oxygen atoms in total. The topological polar surface area (TPSA) is 52.6 Å². The minimum atomic E-state index is -0.440. The molecular weight excluding hydrogens is 300 g/mol. The number of hydrogen-bond donors (Lipinski definition) is 2. The maximum absolute atomic E-state index is 13.1. The highest BCUT2D eigenvalue weighted by molar-refractivity contribution is 5.83. The van der Waals surface area contributed by atoms with Crippen LogP contribution in [0.5, 0.6) is 0 Å². The average molecular weight is 324 g/mol. The van der Waals surface area contributed by atoms with Gasteiger partial charge in [0.05, 0.1) is 18.2 Å². The monoisotopic (exact) mass is 324 g/mol. The second-order valence-electron chi connectivity index (χ2n) is 6.20. The summed E-state index contributed by atoms with van der Waals surface area (Å²) < 4.78 is 0. The van der Waals surface area contributed by atoms with E-state index in [1.807, 2.05) is 48.2 Å². The standard InChI is InChI=1S/C20H24N2O2/c1-2-22(20(24)18-13-17(23)14-21-18)19(15-9-5-3-6-10-15)16-11-7-4-8-12-16/h3-12,17-19,21,23H,2,13-14H2,1H3/t17?,18-/m0/s1. The average Bonchev–Trinajstić information content (AvgIpc) is 3.07. The molecule has 1 fully saturated rings. The van der Waals surface area contributed by atoms with E-state index in [0.29, 0.717) is 19.5 Å². The van der Waals surface area contributed by atoms with Gasteiger partial charge in [0.1, 0.15) is 0 Å². The highest BCUT2D eigenvalue weighted by Crippen LogP contribution is 2.29. The van der Waals surface area contributed by atoms with Crippen LogP contribution >= 0.6 is 0 Å². The number of carbonyl (C=O) groups is 1. The van der Waals surface area contributed by atoms with Crippen LogP contribution in [0.4, 0.5) is 0 Å². The van der Waals surface area contributed by atoms with Gasteiger partial charge in [-0.2, -0.15) is 0 Å². The molecule has 0 spiro atoms. The van der Waals surface area contributed by atoms with E-state index in [1.165, 1.54) is 0 Å². The number of nitrogens with one attached hydrogen (secondary N) is 1. The number of aliphatic hydroxyl groups is 1. The molecule has 2 aromatic rings. The summed E-state index contributed by atoms with van der Waals surface area (Å²) in [7, 11) is 0. The third-order valence-electron chi connectivity index (χ3n) is 4.57. The van der Waals surface area contributed by atoms with Crippen LogP contribution in [0.15, 0.2) is 60.7 Å². The highest BCUT2D eigenvalue weighted by atomic mass is 16.3. The summed E-state index contributed by atoms with van der Waals surface area (Å²) in [4.78, 5) is 15.0. The third kappa shape index (κ3) is 3.50. The van der Waals surface area contributed by atoms with Gasteiger partial charge in [-0.05, 0) is 24.5 Å². The Bertz CT molecular complexity index is 620. The molecule has 1 saturated heterocycles. The molecule has 2 atom stereocenters. The molecule has 1 aliphatic heterocycles. The summed E-state index contributed by atoms with van der Waals surface area (Å²) in [5, 5.41) is 12.9. The van der Waals surface area contributed by atoms with E-state index in [4.69, 9.17) is 0 Å². The molecule has 0 saturated carbocycles. The van der Waals surface area contributed by atoms with E-state index in [0.717, 1.165) is 11.1 Å². The lowest BCUT2D eigenvalue weighted by atomic mass is 9.96. The molecule has 2 aromatic carbocycles. The number of hydrogen-bond acceptors (Lipinski definition) is 3. The van der Waals surface area contributed by atoms with Crippen molar-refractivity contribution in [2.45, 2.75) is 31.5 Å². The van der Waals surface area contributed by atoms with Crippen LogP contribution < -0.4 is 5.32 Å². The Hall–Kier alpha value is -2.17. The molecule has 126 valence electrons. The summed E-state index contributed by atoms with van der Waals surface area (Å²) in [5.74, 6) is 0.0479. The lowest BCUT2D eigenvalue weighted by Crippen LogP contribution is -2.45. The van der Waals surface area contributed by atoms with Crippen molar-refractivity contribution in [1.82, 2.24) is 10.2 Å². The van der Waals surface area contributed by atoms with Crippen molar-refractivity contribution in [2.75, 3.05) is 13.1 Å². The van der Waals surface area contributed by atoms with E-state index in [9.17, 15) is 9.90 Å². The van der Waals surface area contributed by atoms with Crippen molar-refractivity contribution in [3.63, 3.8) is 0 Å². The normalized spacial score (nSPS) is 20.3. The van der Waals surface area contributed by atoms with Gasteiger partial charge >= 0.3 is 0 Å². The molecule has 1 unspecified atom stereocenters. The Morgan fingerprint density at radius 1 is 1.12 bits per heavy atom. The van der Waals surface area contributed by atoms with Crippen LogP contribution in [0.2, 0.25) is 0 Å². The number of β-amino-alcohol motifs (C(OH)–C–C–N with tert-alkyl or cyclic N) is 1. The van der Waals surface area contributed by atoms with Gasteiger partial charge in [0, 0.05) is 13.1 Å². The van der Waals surface area contributed by atoms with Gasteiger partial charge in [0.25, 0.3) is 0 Å². The van der Waals surface area contributed by atoms with Gasteiger partial charge in [-0.3, -0.25) is 4.79 Å². The zero-order valence-electron chi connectivity index (χ0n) is 13.9. The van der Waals surface area contributed by atoms with Crippen LogP contribution in [0.3, 0.4) is 0 Å². The van der Waals surface area contributed by atoms with Crippen molar-refractivity contribution < 1.29 is 9.90 Å². The number of aliphatic hydroxyl groups excluding tert-OH is 1. The number of amides is 1. The molecule has 0 aliphatic carbocycles. The van der Waals surface area contributed by atoms with Gasteiger partial charge in [-0.1, -0.05) is 60.7 Å². The molecule has 0 bridgehead atoms. The predicted molar refractivity (Wildman–Crippen MR) is 94.5 cm³/mol. The number of likely N-dealkylation sites (N-methyl/N-ethyl adjacent to an activating group) is 1. The van der Waals surface area contributed by atoms with Crippen molar-refractivity contribution in [3.05, 3.63) is 71.8 Å². The van der Waals surface area contributed by atoms with Crippen LogP contribution in [-0.2, 0) is 4.79 Å². The molecule has 1 heterocycles. The molecule has 1 aliphatic rings. The molecule has 3 rings (SSSR count).